The van der Waals surface area contributed by atoms with E-state index in [9.17, 15) is 17.6 Å². The number of amides is 1. The standard InChI is InChI=1S/C31H45FN6O4S/c1-5-38(22(2)3)30(39)26-16-24(32)8-11-27(26)42-28-17-33-21-34-29(28)37-19-31(20-37)12-14-36(15-13-31)18-23-6-9-25(10-7-23)35-43(4,40)41/h8,11,16-17,21-23,25,35H,5-7,9-10,12-15,18-20H2,1-4H3/t23-,25+. The molecule has 2 saturated heterocycles. The lowest BCUT2D eigenvalue weighted by atomic mass is 9.71. The number of hydrogen-bond donors (Lipinski definition) is 1. The third kappa shape index (κ3) is 7.64. The maximum Gasteiger partial charge on any atom is 0.257 e. The van der Waals surface area contributed by atoms with Crippen molar-refractivity contribution >= 4 is 21.7 Å². The molecular weight excluding hydrogens is 571 g/mol. The molecule has 43 heavy (non-hydrogen) atoms. The highest BCUT2D eigenvalue weighted by Gasteiger charge is 2.46. The summed E-state index contributed by atoms with van der Waals surface area (Å²) < 4.78 is 46.3. The van der Waals surface area contributed by atoms with Crippen LogP contribution < -0.4 is 14.4 Å². The molecule has 10 nitrogen and oxygen atoms in total. The molecule has 3 heterocycles. The Labute approximate surface area is 255 Å². The minimum Gasteiger partial charge on any atom is -0.451 e. The number of rotatable bonds is 10. The minimum atomic E-state index is -3.14. The second kappa shape index (κ2) is 13.0. The lowest BCUT2D eigenvalue weighted by Crippen LogP contribution is -2.61. The molecule has 1 amide bonds. The van der Waals surface area contributed by atoms with Gasteiger partial charge in [0.05, 0.1) is 18.0 Å². The van der Waals surface area contributed by atoms with Gasteiger partial charge >= 0.3 is 0 Å². The zero-order chi connectivity index (χ0) is 30.8. The molecule has 2 aliphatic heterocycles. The fourth-order valence-electron chi connectivity index (χ4n) is 6.96. The van der Waals surface area contributed by atoms with Crippen LogP contribution in [0.25, 0.3) is 0 Å². The summed E-state index contributed by atoms with van der Waals surface area (Å²) >= 11 is 0. The maximum atomic E-state index is 14.2. The zero-order valence-electron chi connectivity index (χ0n) is 25.8. The molecule has 2 aromatic rings. The maximum absolute atomic E-state index is 14.2. The first-order valence-electron chi connectivity index (χ1n) is 15.5. The number of nitrogens with one attached hydrogen (secondary N) is 1. The number of nitrogens with zero attached hydrogens (tertiary/aromatic N) is 5. The summed E-state index contributed by atoms with van der Waals surface area (Å²) in [5.74, 6) is 1.27. The number of sulfonamides is 1. The van der Waals surface area contributed by atoms with E-state index in [4.69, 9.17) is 4.74 Å². The van der Waals surface area contributed by atoms with Crippen molar-refractivity contribution in [2.75, 3.05) is 50.4 Å². The lowest BCUT2D eigenvalue weighted by molar-refractivity contribution is 0.0618. The Hall–Kier alpha value is -2.83. The fraction of sp³-hybridized carbons (Fsp3) is 0.645. The van der Waals surface area contributed by atoms with Crippen molar-refractivity contribution in [1.82, 2.24) is 24.5 Å². The summed E-state index contributed by atoms with van der Waals surface area (Å²) in [4.78, 5) is 28.5. The predicted molar refractivity (Wildman–Crippen MR) is 164 cm³/mol. The number of benzene rings is 1. The van der Waals surface area contributed by atoms with Gasteiger partial charge in [-0.25, -0.2) is 27.5 Å². The van der Waals surface area contributed by atoms with Gasteiger partial charge in [0.25, 0.3) is 5.91 Å². The van der Waals surface area contributed by atoms with Gasteiger partial charge < -0.3 is 19.4 Å². The number of carbonyl (C=O) groups is 1. The Bertz CT molecular complexity index is 1380. The highest BCUT2D eigenvalue weighted by Crippen LogP contribution is 2.45. The van der Waals surface area contributed by atoms with Crippen LogP contribution in [0.4, 0.5) is 10.2 Å². The van der Waals surface area contributed by atoms with Crippen LogP contribution in [0.1, 0.15) is 69.7 Å². The van der Waals surface area contributed by atoms with Crippen molar-refractivity contribution in [3.63, 3.8) is 0 Å². The minimum absolute atomic E-state index is 0.0350. The summed E-state index contributed by atoms with van der Waals surface area (Å²) in [5.41, 5.74) is 0.420. The largest absolute Gasteiger partial charge is 0.451 e. The highest BCUT2D eigenvalue weighted by molar-refractivity contribution is 7.88. The van der Waals surface area contributed by atoms with E-state index in [1.807, 2.05) is 20.8 Å². The van der Waals surface area contributed by atoms with Crippen molar-refractivity contribution in [3.05, 3.63) is 42.1 Å². The number of piperidine rings is 1. The Kier molecular flexibility index (Phi) is 9.58. The van der Waals surface area contributed by atoms with Gasteiger partial charge in [-0.1, -0.05) is 0 Å². The van der Waals surface area contributed by atoms with Crippen molar-refractivity contribution in [2.45, 2.75) is 71.4 Å². The van der Waals surface area contributed by atoms with E-state index in [2.05, 4.69) is 24.5 Å². The smallest absolute Gasteiger partial charge is 0.257 e. The molecule has 236 valence electrons. The number of aromatic nitrogens is 2. The average molecular weight is 617 g/mol. The molecule has 1 N–H and O–H groups in total. The van der Waals surface area contributed by atoms with Gasteiger partial charge in [0, 0.05) is 43.7 Å². The first-order chi connectivity index (χ1) is 20.4. The summed E-state index contributed by atoms with van der Waals surface area (Å²) in [7, 11) is -3.14. The number of likely N-dealkylation sites (tertiary alicyclic amines) is 1. The molecule has 1 spiro atoms. The van der Waals surface area contributed by atoms with E-state index in [0.717, 1.165) is 71.2 Å². The molecule has 12 heteroatoms. The van der Waals surface area contributed by atoms with Crippen molar-refractivity contribution in [2.24, 2.45) is 11.3 Å². The van der Waals surface area contributed by atoms with Crippen molar-refractivity contribution in [1.29, 1.82) is 0 Å². The summed E-state index contributed by atoms with van der Waals surface area (Å²) in [5, 5.41) is 0. The van der Waals surface area contributed by atoms with E-state index in [1.54, 1.807) is 11.1 Å². The summed E-state index contributed by atoms with van der Waals surface area (Å²) in [6.45, 7) is 11.2. The molecule has 0 atom stereocenters. The van der Waals surface area contributed by atoms with Crippen LogP contribution in [-0.2, 0) is 10.0 Å². The summed E-state index contributed by atoms with van der Waals surface area (Å²) in [6, 6.07) is 4.07. The Morgan fingerprint density at radius 1 is 1.16 bits per heavy atom. The number of anilines is 1. The van der Waals surface area contributed by atoms with Gasteiger partial charge in [0.15, 0.2) is 11.6 Å². The topological polar surface area (TPSA) is 108 Å². The predicted octanol–water partition coefficient (Wildman–Crippen LogP) is 4.29. The van der Waals surface area contributed by atoms with Crippen LogP contribution in [0, 0.1) is 17.2 Å². The molecule has 3 aliphatic rings. The van der Waals surface area contributed by atoms with E-state index in [-0.39, 0.29) is 34.7 Å². The summed E-state index contributed by atoms with van der Waals surface area (Å²) in [6.07, 6.45) is 10.5. The molecule has 1 aliphatic carbocycles. The number of carbonyl (C=O) groups excluding carboxylic acids is 1. The third-order valence-electron chi connectivity index (χ3n) is 9.29. The Morgan fingerprint density at radius 2 is 1.86 bits per heavy atom. The van der Waals surface area contributed by atoms with Gasteiger partial charge in [-0.2, -0.15) is 0 Å². The van der Waals surface area contributed by atoms with E-state index < -0.39 is 15.8 Å². The van der Waals surface area contributed by atoms with E-state index in [0.29, 0.717) is 24.0 Å². The lowest BCUT2D eigenvalue weighted by Gasteiger charge is -2.54. The SMILES string of the molecule is CCN(C(=O)c1cc(F)ccc1Oc1cncnc1N1CC2(CCN(C[C@H]3CC[C@@H](NS(C)(=O)=O)CC3)CC2)C1)C(C)C. The zero-order valence-corrected chi connectivity index (χ0v) is 26.6. The molecule has 1 aromatic heterocycles. The molecule has 5 rings (SSSR count). The van der Waals surface area contributed by atoms with Crippen LogP contribution in [-0.4, -0.2) is 91.7 Å². The monoisotopic (exact) mass is 616 g/mol. The molecule has 0 radical (unpaired) electrons. The number of ether oxygens (including phenoxy) is 1. The van der Waals surface area contributed by atoms with Crippen LogP contribution in [0.2, 0.25) is 0 Å². The highest BCUT2D eigenvalue weighted by atomic mass is 32.2. The molecule has 1 aromatic carbocycles. The molecule has 1 saturated carbocycles. The van der Waals surface area contributed by atoms with Gasteiger partial charge in [-0.05, 0) is 96.5 Å². The normalized spacial score (nSPS) is 22.4. The average Bonchev–Trinajstić information content (AvgIpc) is 2.94. The van der Waals surface area contributed by atoms with Gasteiger partial charge in [0.1, 0.15) is 17.9 Å². The number of halogens is 1. The first-order valence-corrected chi connectivity index (χ1v) is 17.4. The second-order valence-corrected chi connectivity index (χ2v) is 14.7. The van der Waals surface area contributed by atoms with Gasteiger partial charge in [0.2, 0.25) is 10.0 Å². The van der Waals surface area contributed by atoms with Crippen molar-refractivity contribution in [3.8, 4) is 11.5 Å². The van der Waals surface area contributed by atoms with Crippen LogP contribution >= 0.6 is 0 Å². The Balaban J connectivity index is 1.17. The van der Waals surface area contributed by atoms with Crippen molar-refractivity contribution < 1.29 is 22.3 Å². The van der Waals surface area contributed by atoms with Crippen LogP contribution in [0.15, 0.2) is 30.7 Å². The second-order valence-electron chi connectivity index (χ2n) is 12.9. The van der Waals surface area contributed by atoms with Gasteiger partial charge in [-0.15, -0.1) is 0 Å². The quantitative estimate of drug-likeness (QED) is 0.422. The third-order valence-corrected chi connectivity index (χ3v) is 10.0. The van der Waals surface area contributed by atoms with Crippen LogP contribution in [0.3, 0.4) is 0 Å². The van der Waals surface area contributed by atoms with Crippen LogP contribution in [0.5, 0.6) is 11.5 Å². The Morgan fingerprint density at radius 3 is 2.49 bits per heavy atom. The van der Waals surface area contributed by atoms with Gasteiger partial charge in [-0.3, -0.25) is 4.79 Å². The number of hydrogen-bond acceptors (Lipinski definition) is 8. The molecule has 0 unspecified atom stereocenters. The molecular formula is C31H45FN6O4S. The fourth-order valence-corrected chi connectivity index (χ4v) is 7.81. The molecule has 3 fully saturated rings. The van der Waals surface area contributed by atoms with E-state index in [1.165, 1.54) is 30.8 Å². The van der Waals surface area contributed by atoms with E-state index >= 15 is 0 Å². The molecule has 0 bridgehead atoms. The first kappa shape index (κ1) is 31.6.